The fraction of sp³-hybridized carbons (Fsp3) is 0.714. The average molecular weight is 301 g/mol. The molecule has 1 amide bonds. The molecule has 0 spiro atoms. The molecule has 1 saturated carbocycles. The van der Waals surface area contributed by atoms with E-state index in [2.05, 4.69) is 17.2 Å². The molecule has 0 aliphatic heterocycles. The second-order valence-corrected chi connectivity index (χ2v) is 6.68. The highest BCUT2D eigenvalue weighted by atomic mass is 35.5. The van der Waals surface area contributed by atoms with E-state index < -0.39 is 0 Å². The molecule has 0 atom stereocenters. The van der Waals surface area contributed by atoms with Crippen LogP contribution in [0.5, 0.6) is 0 Å². The summed E-state index contributed by atoms with van der Waals surface area (Å²) >= 11 is 7.20. The molecule has 0 saturated heterocycles. The fourth-order valence-electron chi connectivity index (χ4n) is 2.48. The first-order chi connectivity index (χ1) is 9.17. The number of hydrogen-bond donors (Lipinski definition) is 1. The predicted molar refractivity (Wildman–Crippen MR) is 79.5 cm³/mol. The summed E-state index contributed by atoms with van der Waals surface area (Å²) in [4.78, 5) is 16.1. The maximum atomic E-state index is 11.8. The molecule has 1 aromatic rings. The molecule has 1 heterocycles. The smallest absolute Gasteiger partial charge is 0.226 e. The van der Waals surface area contributed by atoms with Gasteiger partial charge in [0.2, 0.25) is 5.91 Å². The number of nitrogens with zero attached hydrogens (tertiary/aromatic N) is 1. The van der Waals surface area contributed by atoms with Gasteiger partial charge in [0.25, 0.3) is 0 Å². The van der Waals surface area contributed by atoms with Crippen molar-refractivity contribution >= 4 is 28.8 Å². The number of thiazole rings is 1. The maximum Gasteiger partial charge on any atom is 0.226 e. The van der Waals surface area contributed by atoms with Crippen molar-refractivity contribution in [2.24, 2.45) is 11.8 Å². The standard InChI is InChI=1S/C14H21ClN2OS/c1-10-2-4-11(5-3-10)8-16-13(18)6-14-17-12(7-15)9-19-14/h9-11H,2-8H2,1H3,(H,16,18). The summed E-state index contributed by atoms with van der Waals surface area (Å²) in [5.74, 6) is 2.01. The zero-order chi connectivity index (χ0) is 13.7. The van der Waals surface area contributed by atoms with Gasteiger partial charge < -0.3 is 5.32 Å². The molecule has 1 fully saturated rings. The third kappa shape index (κ3) is 4.77. The number of nitrogens with one attached hydrogen (secondary N) is 1. The van der Waals surface area contributed by atoms with E-state index in [1.807, 2.05) is 5.38 Å². The molecule has 0 aromatic carbocycles. The molecule has 3 nitrogen and oxygen atoms in total. The summed E-state index contributed by atoms with van der Waals surface area (Å²) in [5, 5.41) is 5.80. The Morgan fingerprint density at radius 2 is 2.21 bits per heavy atom. The minimum absolute atomic E-state index is 0.0779. The summed E-state index contributed by atoms with van der Waals surface area (Å²) in [7, 11) is 0. The van der Waals surface area contributed by atoms with Gasteiger partial charge in [-0.25, -0.2) is 4.98 Å². The van der Waals surface area contributed by atoms with Crippen LogP contribution in [-0.4, -0.2) is 17.4 Å². The average Bonchev–Trinajstić information content (AvgIpc) is 2.86. The Labute approximate surface area is 123 Å². The van der Waals surface area contributed by atoms with Gasteiger partial charge in [-0.2, -0.15) is 0 Å². The summed E-state index contributed by atoms with van der Waals surface area (Å²) in [6.45, 7) is 3.13. The molecule has 0 radical (unpaired) electrons. The number of halogens is 1. The Balaban J connectivity index is 1.69. The second kappa shape index (κ2) is 7.25. The van der Waals surface area contributed by atoms with Gasteiger partial charge in [-0.1, -0.05) is 19.8 Å². The Kier molecular flexibility index (Phi) is 5.64. The first-order valence-electron chi connectivity index (χ1n) is 6.93. The van der Waals surface area contributed by atoms with E-state index in [-0.39, 0.29) is 5.91 Å². The van der Waals surface area contributed by atoms with E-state index in [4.69, 9.17) is 11.6 Å². The highest BCUT2D eigenvalue weighted by Gasteiger charge is 2.18. The van der Waals surface area contributed by atoms with Crippen LogP contribution < -0.4 is 5.32 Å². The highest BCUT2D eigenvalue weighted by molar-refractivity contribution is 7.09. The summed E-state index contributed by atoms with van der Waals surface area (Å²) in [6.07, 6.45) is 5.47. The monoisotopic (exact) mass is 300 g/mol. The van der Waals surface area contributed by atoms with Crippen molar-refractivity contribution in [3.8, 4) is 0 Å². The SMILES string of the molecule is CC1CCC(CNC(=O)Cc2nc(CCl)cs2)CC1. The molecule has 1 N–H and O–H groups in total. The van der Waals surface area contributed by atoms with Gasteiger partial charge >= 0.3 is 0 Å². The van der Waals surface area contributed by atoms with Gasteiger partial charge in [0.15, 0.2) is 0 Å². The van der Waals surface area contributed by atoms with Crippen LogP contribution in [0.3, 0.4) is 0 Å². The predicted octanol–water partition coefficient (Wildman–Crippen LogP) is 3.37. The number of alkyl halides is 1. The zero-order valence-corrected chi connectivity index (χ0v) is 12.9. The molecule has 19 heavy (non-hydrogen) atoms. The Morgan fingerprint density at radius 3 is 2.84 bits per heavy atom. The Hall–Kier alpha value is -0.610. The third-order valence-electron chi connectivity index (χ3n) is 3.77. The molecular weight excluding hydrogens is 280 g/mol. The molecule has 1 aliphatic rings. The van der Waals surface area contributed by atoms with Crippen LogP contribution >= 0.6 is 22.9 Å². The van der Waals surface area contributed by atoms with Crippen LogP contribution in [0, 0.1) is 11.8 Å². The number of hydrogen-bond acceptors (Lipinski definition) is 3. The van der Waals surface area contributed by atoms with Crippen molar-refractivity contribution in [2.75, 3.05) is 6.54 Å². The number of aromatic nitrogens is 1. The number of rotatable bonds is 5. The lowest BCUT2D eigenvalue weighted by Gasteiger charge is -2.26. The van der Waals surface area contributed by atoms with E-state index >= 15 is 0 Å². The molecule has 1 aromatic heterocycles. The molecule has 106 valence electrons. The second-order valence-electron chi connectivity index (χ2n) is 5.47. The van der Waals surface area contributed by atoms with Crippen molar-refractivity contribution in [1.29, 1.82) is 0 Å². The van der Waals surface area contributed by atoms with Gasteiger partial charge in [0, 0.05) is 11.9 Å². The minimum Gasteiger partial charge on any atom is -0.355 e. The van der Waals surface area contributed by atoms with E-state index in [0.29, 0.717) is 18.2 Å². The van der Waals surface area contributed by atoms with Crippen molar-refractivity contribution < 1.29 is 4.79 Å². The number of carbonyl (C=O) groups is 1. The van der Waals surface area contributed by atoms with Gasteiger partial charge in [0.05, 0.1) is 18.0 Å². The lowest BCUT2D eigenvalue weighted by Crippen LogP contribution is -2.32. The molecular formula is C14H21ClN2OS. The lowest BCUT2D eigenvalue weighted by atomic mass is 9.83. The first-order valence-corrected chi connectivity index (χ1v) is 8.34. The van der Waals surface area contributed by atoms with Crippen LogP contribution in [0.15, 0.2) is 5.38 Å². The fourth-order valence-corrected chi connectivity index (χ4v) is 3.50. The summed E-state index contributed by atoms with van der Waals surface area (Å²) in [6, 6.07) is 0. The largest absolute Gasteiger partial charge is 0.355 e. The summed E-state index contributed by atoms with van der Waals surface area (Å²) in [5.41, 5.74) is 0.857. The molecule has 5 heteroatoms. The summed E-state index contributed by atoms with van der Waals surface area (Å²) < 4.78 is 0. The van der Waals surface area contributed by atoms with Crippen molar-refractivity contribution in [3.05, 3.63) is 16.1 Å². The van der Waals surface area contributed by atoms with Crippen molar-refractivity contribution in [3.63, 3.8) is 0 Å². The molecule has 0 unspecified atom stereocenters. The molecule has 1 aliphatic carbocycles. The third-order valence-corrected chi connectivity index (χ3v) is 4.94. The van der Waals surface area contributed by atoms with Gasteiger partial charge in [-0.05, 0) is 24.7 Å². The van der Waals surface area contributed by atoms with Crippen molar-refractivity contribution in [1.82, 2.24) is 10.3 Å². The van der Waals surface area contributed by atoms with Crippen LogP contribution in [0.25, 0.3) is 0 Å². The van der Waals surface area contributed by atoms with Gasteiger partial charge in [-0.15, -0.1) is 22.9 Å². The lowest BCUT2D eigenvalue weighted by molar-refractivity contribution is -0.120. The molecule has 0 bridgehead atoms. The van der Waals surface area contributed by atoms with Crippen LogP contribution in [-0.2, 0) is 17.1 Å². The van der Waals surface area contributed by atoms with Crippen LogP contribution in [0.1, 0.15) is 43.3 Å². The van der Waals surface area contributed by atoms with Crippen LogP contribution in [0.2, 0.25) is 0 Å². The topological polar surface area (TPSA) is 42.0 Å². The molecule has 2 rings (SSSR count). The Bertz CT molecular complexity index is 413. The highest BCUT2D eigenvalue weighted by Crippen LogP contribution is 2.27. The number of carbonyl (C=O) groups excluding carboxylic acids is 1. The quantitative estimate of drug-likeness (QED) is 0.847. The number of amides is 1. The normalized spacial score (nSPS) is 23.3. The van der Waals surface area contributed by atoms with Crippen LogP contribution in [0.4, 0.5) is 0 Å². The minimum atomic E-state index is 0.0779. The maximum absolute atomic E-state index is 11.8. The first kappa shape index (κ1) is 14.8. The van der Waals surface area contributed by atoms with E-state index in [1.54, 1.807) is 0 Å². The zero-order valence-electron chi connectivity index (χ0n) is 11.3. The van der Waals surface area contributed by atoms with Gasteiger partial charge in [0.1, 0.15) is 5.01 Å². The van der Waals surface area contributed by atoms with Crippen molar-refractivity contribution in [2.45, 2.75) is 44.9 Å². The Morgan fingerprint density at radius 1 is 1.47 bits per heavy atom. The van der Waals surface area contributed by atoms with Gasteiger partial charge in [-0.3, -0.25) is 4.79 Å². The van der Waals surface area contributed by atoms with E-state index in [1.165, 1.54) is 37.0 Å². The van der Waals surface area contributed by atoms with E-state index in [9.17, 15) is 4.79 Å². The van der Waals surface area contributed by atoms with E-state index in [0.717, 1.165) is 23.2 Å².